The Morgan fingerprint density at radius 3 is 1.74 bits per heavy atom. The first-order valence-electron chi connectivity index (χ1n) is 10.7. The molecule has 0 aliphatic heterocycles. The van der Waals surface area contributed by atoms with Gasteiger partial charge in [0.2, 0.25) is 0 Å². The lowest BCUT2D eigenvalue weighted by molar-refractivity contribution is 0.157. The Morgan fingerprint density at radius 1 is 0.618 bits per heavy atom. The van der Waals surface area contributed by atoms with Gasteiger partial charge in [-0.05, 0) is 66.2 Å². The van der Waals surface area contributed by atoms with Crippen molar-refractivity contribution in [3.63, 3.8) is 0 Å². The highest BCUT2D eigenvalue weighted by molar-refractivity contribution is 9.11. The van der Waals surface area contributed by atoms with Crippen LogP contribution in [0.4, 0.5) is 0 Å². The number of benzene rings is 3. The molecule has 178 valence electrons. The summed E-state index contributed by atoms with van der Waals surface area (Å²) in [4.78, 5) is 0. The molecule has 0 spiro atoms. The standard InChI is InChI=1S/C26H24Br2O6/c1-30-11-6-7-12-13(8-11)18-19-14(31-2)9-17(34-5)25(28)22(19)23(26(12)29)20-15(32-3)10-16(33-4)24(27)21(18)20/h6-10,18,23,26,29H,1-5H3. The van der Waals surface area contributed by atoms with E-state index in [-0.39, 0.29) is 5.92 Å². The van der Waals surface area contributed by atoms with Crippen LogP contribution in [-0.2, 0) is 0 Å². The Bertz CT molecular complexity index is 1310. The molecule has 1 N–H and O–H groups in total. The lowest BCUT2D eigenvalue weighted by Gasteiger charge is -2.36. The van der Waals surface area contributed by atoms with Crippen LogP contribution in [0.25, 0.3) is 0 Å². The SMILES string of the molecule is COc1ccc2c(c1)C1c3c(Br)c(OC)cc(OC)c3C(c3c(Br)c(OC)cc(OC)c31)C2O. The van der Waals surface area contributed by atoms with Gasteiger partial charge in [-0.15, -0.1) is 0 Å². The number of rotatable bonds is 5. The molecule has 8 heteroatoms. The first-order valence-corrected chi connectivity index (χ1v) is 12.2. The largest absolute Gasteiger partial charge is 0.497 e. The van der Waals surface area contributed by atoms with Gasteiger partial charge in [-0.25, -0.2) is 0 Å². The minimum Gasteiger partial charge on any atom is -0.497 e. The topological polar surface area (TPSA) is 66.4 Å². The second-order valence-corrected chi connectivity index (χ2v) is 9.78. The van der Waals surface area contributed by atoms with Gasteiger partial charge in [0, 0.05) is 35.1 Å². The van der Waals surface area contributed by atoms with E-state index in [0.717, 1.165) is 42.3 Å². The average Bonchev–Trinajstić information content (AvgIpc) is 3.04. The summed E-state index contributed by atoms with van der Waals surface area (Å²) in [5.41, 5.74) is 5.48. The van der Waals surface area contributed by atoms with E-state index < -0.39 is 12.0 Å². The van der Waals surface area contributed by atoms with Gasteiger partial charge in [0.1, 0.15) is 28.7 Å². The van der Waals surface area contributed by atoms with Crippen molar-refractivity contribution >= 4 is 31.9 Å². The summed E-state index contributed by atoms with van der Waals surface area (Å²) in [5, 5.41) is 11.9. The molecule has 3 unspecified atom stereocenters. The van der Waals surface area contributed by atoms with Gasteiger partial charge in [-0.3, -0.25) is 0 Å². The molecule has 3 aliphatic rings. The minimum atomic E-state index is -0.854. The summed E-state index contributed by atoms with van der Waals surface area (Å²) in [6, 6.07) is 9.53. The quantitative estimate of drug-likeness (QED) is 0.397. The molecular weight excluding hydrogens is 568 g/mol. The summed E-state index contributed by atoms with van der Waals surface area (Å²) in [5.74, 6) is 2.55. The molecular formula is C26H24Br2O6. The van der Waals surface area contributed by atoms with Crippen LogP contribution in [0.5, 0.6) is 28.7 Å². The summed E-state index contributed by atoms with van der Waals surface area (Å²) >= 11 is 7.59. The lowest BCUT2D eigenvalue weighted by Crippen LogP contribution is -2.22. The van der Waals surface area contributed by atoms with Crippen molar-refractivity contribution in [3.8, 4) is 28.7 Å². The number of aliphatic hydroxyl groups is 1. The Morgan fingerprint density at radius 2 is 1.18 bits per heavy atom. The third-order valence-electron chi connectivity index (χ3n) is 6.86. The zero-order chi connectivity index (χ0) is 24.3. The predicted octanol–water partition coefficient (Wildman–Crippen LogP) is 5.93. The number of ether oxygens (including phenoxy) is 5. The number of halogens is 2. The second kappa shape index (κ2) is 8.66. The van der Waals surface area contributed by atoms with Crippen molar-refractivity contribution in [2.24, 2.45) is 0 Å². The van der Waals surface area contributed by atoms with Crippen LogP contribution in [0.1, 0.15) is 51.3 Å². The molecule has 0 saturated heterocycles. The third kappa shape index (κ3) is 3.08. The maximum absolute atomic E-state index is 11.9. The zero-order valence-corrected chi connectivity index (χ0v) is 22.5. The molecule has 3 atom stereocenters. The first kappa shape index (κ1) is 23.3. The molecule has 0 aromatic heterocycles. The number of hydrogen-bond donors (Lipinski definition) is 1. The van der Waals surface area contributed by atoms with E-state index >= 15 is 0 Å². The molecule has 3 aromatic rings. The molecule has 6 rings (SSSR count). The van der Waals surface area contributed by atoms with Crippen molar-refractivity contribution in [2.45, 2.75) is 17.9 Å². The molecule has 6 nitrogen and oxygen atoms in total. The second-order valence-electron chi connectivity index (χ2n) is 8.20. The van der Waals surface area contributed by atoms with Crippen molar-refractivity contribution < 1.29 is 28.8 Å². The number of methoxy groups -OCH3 is 5. The van der Waals surface area contributed by atoms with Crippen LogP contribution < -0.4 is 23.7 Å². The Labute approximate surface area is 215 Å². The van der Waals surface area contributed by atoms with Gasteiger partial charge in [-0.2, -0.15) is 0 Å². The molecule has 3 aromatic carbocycles. The van der Waals surface area contributed by atoms with Crippen molar-refractivity contribution in [1.82, 2.24) is 0 Å². The fourth-order valence-corrected chi connectivity index (χ4v) is 6.88. The fourth-order valence-electron chi connectivity index (χ4n) is 5.42. The average molecular weight is 592 g/mol. The van der Waals surface area contributed by atoms with Crippen LogP contribution in [0, 0.1) is 0 Å². The van der Waals surface area contributed by atoms with Crippen LogP contribution >= 0.6 is 31.9 Å². The Hall–Kier alpha value is -2.42. The van der Waals surface area contributed by atoms with Crippen LogP contribution in [0.3, 0.4) is 0 Å². The van der Waals surface area contributed by atoms with E-state index in [4.69, 9.17) is 23.7 Å². The molecule has 0 fully saturated rings. The predicted molar refractivity (Wildman–Crippen MR) is 135 cm³/mol. The van der Waals surface area contributed by atoms with Gasteiger partial charge in [-0.1, -0.05) is 6.07 Å². The third-order valence-corrected chi connectivity index (χ3v) is 8.50. The maximum atomic E-state index is 11.9. The smallest absolute Gasteiger partial charge is 0.137 e. The molecule has 0 amide bonds. The van der Waals surface area contributed by atoms with E-state index in [2.05, 4.69) is 31.9 Å². The Kier molecular flexibility index (Phi) is 5.94. The lowest BCUT2D eigenvalue weighted by atomic mass is 9.71. The van der Waals surface area contributed by atoms with Crippen molar-refractivity contribution in [3.05, 3.63) is 72.7 Å². The van der Waals surface area contributed by atoms with Crippen molar-refractivity contribution in [2.75, 3.05) is 35.5 Å². The van der Waals surface area contributed by atoms with E-state index in [1.165, 1.54) is 0 Å². The number of hydrogen-bond acceptors (Lipinski definition) is 6. The molecule has 0 heterocycles. The van der Waals surface area contributed by atoms with E-state index in [0.29, 0.717) is 28.7 Å². The van der Waals surface area contributed by atoms with E-state index in [1.54, 1.807) is 35.5 Å². The first-order chi connectivity index (χ1) is 16.4. The molecule has 3 aliphatic carbocycles. The normalized spacial score (nSPS) is 19.5. The van der Waals surface area contributed by atoms with Gasteiger partial charge in [0.05, 0.1) is 50.6 Å². The monoisotopic (exact) mass is 590 g/mol. The summed E-state index contributed by atoms with van der Waals surface area (Å²) in [6.45, 7) is 0. The maximum Gasteiger partial charge on any atom is 0.137 e. The van der Waals surface area contributed by atoms with Crippen molar-refractivity contribution in [1.29, 1.82) is 0 Å². The Balaban J connectivity index is 2.01. The van der Waals surface area contributed by atoms with Crippen LogP contribution in [0.15, 0.2) is 39.3 Å². The van der Waals surface area contributed by atoms with Crippen LogP contribution in [-0.4, -0.2) is 40.7 Å². The highest BCUT2D eigenvalue weighted by Crippen LogP contribution is 2.64. The number of aliphatic hydroxyl groups excluding tert-OH is 1. The molecule has 34 heavy (non-hydrogen) atoms. The summed E-state index contributed by atoms with van der Waals surface area (Å²) in [7, 11) is 8.16. The van der Waals surface area contributed by atoms with E-state index in [9.17, 15) is 5.11 Å². The summed E-state index contributed by atoms with van der Waals surface area (Å²) < 4.78 is 30.3. The highest BCUT2D eigenvalue weighted by atomic mass is 79.9. The van der Waals surface area contributed by atoms with Gasteiger partial charge in [0.15, 0.2) is 0 Å². The summed E-state index contributed by atoms with van der Waals surface area (Å²) in [6.07, 6.45) is -0.854. The molecule has 2 bridgehead atoms. The highest BCUT2D eigenvalue weighted by Gasteiger charge is 2.49. The van der Waals surface area contributed by atoms with Crippen LogP contribution in [0.2, 0.25) is 0 Å². The molecule has 0 saturated carbocycles. The molecule has 0 radical (unpaired) electrons. The van der Waals surface area contributed by atoms with E-state index in [1.807, 2.05) is 30.3 Å². The minimum absolute atomic E-state index is 0.293. The van der Waals surface area contributed by atoms with Gasteiger partial charge < -0.3 is 28.8 Å². The van der Waals surface area contributed by atoms with Gasteiger partial charge in [0.25, 0.3) is 0 Å². The fraction of sp³-hybridized carbons (Fsp3) is 0.308. The van der Waals surface area contributed by atoms with Gasteiger partial charge >= 0.3 is 0 Å². The zero-order valence-electron chi connectivity index (χ0n) is 19.4.